The van der Waals surface area contributed by atoms with E-state index in [-0.39, 0.29) is 17.6 Å². The Morgan fingerprint density at radius 3 is 2.81 bits per heavy atom. The van der Waals surface area contributed by atoms with Gasteiger partial charge in [-0.05, 0) is 42.2 Å². The van der Waals surface area contributed by atoms with Crippen molar-refractivity contribution in [2.24, 2.45) is 15.9 Å². The molecule has 0 aliphatic carbocycles. The molecule has 1 N–H and O–H groups in total. The summed E-state index contributed by atoms with van der Waals surface area (Å²) in [6, 6.07) is 14.8. The van der Waals surface area contributed by atoms with Gasteiger partial charge in [0.25, 0.3) is 5.91 Å². The van der Waals surface area contributed by atoms with E-state index in [1.165, 1.54) is 11.8 Å². The van der Waals surface area contributed by atoms with Crippen molar-refractivity contribution in [3.8, 4) is 5.75 Å². The molecule has 0 aromatic heterocycles. The van der Waals surface area contributed by atoms with Gasteiger partial charge in [0.05, 0.1) is 18.6 Å². The van der Waals surface area contributed by atoms with Gasteiger partial charge in [0, 0.05) is 12.1 Å². The van der Waals surface area contributed by atoms with E-state index in [1.54, 1.807) is 12.0 Å². The summed E-state index contributed by atoms with van der Waals surface area (Å²) in [7, 11) is 1.61. The highest BCUT2D eigenvalue weighted by atomic mass is 32.2. The number of amidine groups is 2. The Morgan fingerprint density at radius 1 is 1.22 bits per heavy atom. The van der Waals surface area contributed by atoms with Crippen LogP contribution in [0, 0.1) is 5.92 Å². The molecule has 8 heteroatoms. The van der Waals surface area contributed by atoms with Gasteiger partial charge in [-0.3, -0.25) is 14.6 Å². The molecule has 0 bridgehead atoms. The molecular formula is C24H26N4O3S. The number of thioether (sulfide) groups is 1. The van der Waals surface area contributed by atoms with Crippen molar-refractivity contribution in [2.45, 2.75) is 32.9 Å². The summed E-state index contributed by atoms with van der Waals surface area (Å²) in [6.45, 7) is 4.56. The van der Waals surface area contributed by atoms with E-state index in [9.17, 15) is 9.59 Å². The van der Waals surface area contributed by atoms with Crippen LogP contribution in [0.1, 0.15) is 31.4 Å². The van der Waals surface area contributed by atoms with E-state index in [0.717, 1.165) is 22.6 Å². The molecule has 0 saturated heterocycles. The van der Waals surface area contributed by atoms with Crippen molar-refractivity contribution < 1.29 is 14.3 Å². The van der Waals surface area contributed by atoms with Gasteiger partial charge in [-0.1, -0.05) is 49.9 Å². The summed E-state index contributed by atoms with van der Waals surface area (Å²) in [5, 5.41) is 3.41. The minimum Gasteiger partial charge on any atom is -0.497 e. The third-order valence-corrected chi connectivity index (χ3v) is 6.14. The number of nitrogens with one attached hydrogen (secondary N) is 1. The van der Waals surface area contributed by atoms with Gasteiger partial charge >= 0.3 is 0 Å². The van der Waals surface area contributed by atoms with Crippen LogP contribution in [0.5, 0.6) is 5.75 Å². The van der Waals surface area contributed by atoms with E-state index in [1.807, 2.05) is 48.5 Å². The lowest BCUT2D eigenvalue weighted by Gasteiger charge is -2.25. The smallest absolute Gasteiger partial charge is 0.259 e. The number of ether oxygens (including phenoxy) is 1. The Hall–Kier alpha value is -3.13. The maximum atomic E-state index is 13.1. The Bertz CT molecular complexity index is 1100. The normalized spacial score (nSPS) is 16.9. The lowest BCUT2D eigenvalue weighted by atomic mass is 10.0. The SMILES string of the molecule is COc1cccc(CNC(=O)CSC2=Nc3ccccc3C3=NC(CC(C)C)C(=O)N23)c1. The Balaban J connectivity index is 1.46. The van der Waals surface area contributed by atoms with Gasteiger partial charge in [-0.15, -0.1) is 0 Å². The maximum Gasteiger partial charge on any atom is 0.259 e. The monoisotopic (exact) mass is 450 g/mol. The average molecular weight is 451 g/mol. The second kappa shape index (κ2) is 9.56. The molecule has 2 aromatic carbocycles. The first-order valence-electron chi connectivity index (χ1n) is 10.6. The first-order chi connectivity index (χ1) is 15.5. The molecule has 4 rings (SSSR count). The average Bonchev–Trinajstić information content (AvgIpc) is 3.12. The number of rotatable bonds is 7. The maximum absolute atomic E-state index is 13.1. The van der Waals surface area contributed by atoms with Crippen molar-refractivity contribution >= 4 is 40.3 Å². The van der Waals surface area contributed by atoms with Crippen LogP contribution in [0.4, 0.5) is 5.69 Å². The minimum absolute atomic E-state index is 0.0776. The first kappa shape index (κ1) is 22.1. The molecule has 0 spiro atoms. The molecule has 0 saturated carbocycles. The number of methoxy groups -OCH3 is 1. The molecular weight excluding hydrogens is 424 g/mol. The van der Waals surface area contributed by atoms with E-state index in [2.05, 4.69) is 24.2 Å². The quantitative estimate of drug-likeness (QED) is 0.696. The molecule has 0 fully saturated rings. The van der Waals surface area contributed by atoms with Crippen LogP contribution in [0.3, 0.4) is 0 Å². The Labute approximate surface area is 192 Å². The third-order valence-electron chi connectivity index (χ3n) is 5.20. The highest BCUT2D eigenvalue weighted by Gasteiger charge is 2.41. The van der Waals surface area contributed by atoms with E-state index in [4.69, 9.17) is 9.73 Å². The highest BCUT2D eigenvalue weighted by Crippen LogP contribution is 2.34. The van der Waals surface area contributed by atoms with Crippen LogP contribution in [-0.4, -0.2) is 46.6 Å². The summed E-state index contributed by atoms with van der Waals surface area (Å²) in [6.07, 6.45) is 0.681. The standard InChI is InChI=1S/C24H26N4O3S/c1-15(2)11-20-23(30)28-22(26-20)18-9-4-5-10-19(18)27-24(28)32-14-21(29)25-13-16-7-6-8-17(12-16)31-3/h4-10,12,15,20H,11,13-14H2,1-3H3,(H,25,29). The topological polar surface area (TPSA) is 83.4 Å². The zero-order valence-electron chi connectivity index (χ0n) is 18.4. The molecule has 0 radical (unpaired) electrons. The zero-order chi connectivity index (χ0) is 22.7. The van der Waals surface area contributed by atoms with Crippen LogP contribution in [0.2, 0.25) is 0 Å². The third kappa shape index (κ3) is 4.70. The first-order valence-corrected chi connectivity index (χ1v) is 11.6. The van der Waals surface area contributed by atoms with Gasteiger partial charge in [-0.25, -0.2) is 9.89 Å². The van der Waals surface area contributed by atoms with E-state index >= 15 is 0 Å². The molecule has 7 nitrogen and oxygen atoms in total. The van der Waals surface area contributed by atoms with E-state index < -0.39 is 6.04 Å². The number of benzene rings is 2. The summed E-state index contributed by atoms with van der Waals surface area (Å²) in [4.78, 5) is 36.6. The van der Waals surface area contributed by atoms with Gasteiger partial charge in [-0.2, -0.15) is 0 Å². The summed E-state index contributed by atoms with van der Waals surface area (Å²) < 4.78 is 5.22. The summed E-state index contributed by atoms with van der Waals surface area (Å²) in [5.74, 6) is 1.66. The molecule has 2 aliphatic heterocycles. The van der Waals surface area contributed by atoms with Gasteiger partial charge in [0.15, 0.2) is 5.17 Å². The number of para-hydroxylation sites is 1. The number of nitrogens with zero attached hydrogens (tertiary/aromatic N) is 3. The number of hydrogen-bond donors (Lipinski definition) is 1. The lowest BCUT2D eigenvalue weighted by Crippen LogP contribution is -2.41. The Morgan fingerprint density at radius 2 is 2.03 bits per heavy atom. The van der Waals surface area contributed by atoms with Crippen LogP contribution in [-0.2, 0) is 16.1 Å². The fraction of sp³-hybridized carbons (Fsp3) is 0.333. The molecule has 2 aliphatic rings. The molecule has 1 unspecified atom stereocenters. The fourth-order valence-corrected chi connectivity index (χ4v) is 4.49. The number of aliphatic imine (C=N–C) groups is 2. The van der Waals surface area contributed by atoms with E-state index in [0.29, 0.717) is 29.9 Å². The number of fused-ring (bicyclic) bond motifs is 3. The van der Waals surface area contributed by atoms with Crippen molar-refractivity contribution in [1.29, 1.82) is 0 Å². The van der Waals surface area contributed by atoms with Gasteiger partial charge in [0.2, 0.25) is 5.91 Å². The Kier molecular flexibility index (Phi) is 6.60. The molecule has 2 heterocycles. The second-order valence-electron chi connectivity index (χ2n) is 8.10. The van der Waals surface area contributed by atoms with Crippen molar-refractivity contribution in [2.75, 3.05) is 12.9 Å². The lowest BCUT2D eigenvalue weighted by molar-refractivity contribution is -0.125. The molecule has 32 heavy (non-hydrogen) atoms. The van der Waals surface area contributed by atoms with Crippen LogP contribution in [0.15, 0.2) is 58.5 Å². The number of carbonyl (C=O) groups excluding carboxylic acids is 2. The summed E-state index contributed by atoms with van der Waals surface area (Å²) >= 11 is 1.25. The van der Waals surface area contributed by atoms with Crippen molar-refractivity contribution in [3.05, 3.63) is 59.7 Å². The van der Waals surface area contributed by atoms with Gasteiger partial charge in [0.1, 0.15) is 17.6 Å². The molecule has 166 valence electrons. The number of amides is 2. The predicted molar refractivity (Wildman–Crippen MR) is 127 cm³/mol. The zero-order valence-corrected chi connectivity index (χ0v) is 19.2. The highest BCUT2D eigenvalue weighted by molar-refractivity contribution is 8.14. The van der Waals surface area contributed by atoms with Crippen molar-refractivity contribution in [3.63, 3.8) is 0 Å². The minimum atomic E-state index is -0.413. The number of hydrogen-bond acceptors (Lipinski definition) is 6. The predicted octanol–water partition coefficient (Wildman–Crippen LogP) is 3.75. The van der Waals surface area contributed by atoms with Gasteiger partial charge < -0.3 is 10.1 Å². The summed E-state index contributed by atoms with van der Waals surface area (Å²) in [5.41, 5.74) is 2.56. The second-order valence-corrected chi connectivity index (χ2v) is 9.04. The van der Waals surface area contributed by atoms with Crippen molar-refractivity contribution in [1.82, 2.24) is 10.2 Å². The molecule has 2 aromatic rings. The van der Waals surface area contributed by atoms with Crippen LogP contribution in [0.25, 0.3) is 0 Å². The molecule has 2 amide bonds. The van der Waals surface area contributed by atoms with Crippen LogP contribution >= 0.6 is 11.8 Å². The number of carbonyl (C=O) groups is 2. The largest absolute Gasteiger partial charge is 0.497 e. The molecule has 1 atom stereocenters. The van der Waals surface area contributed by atoms with Crippen LogP contribution < -0.4 is 10.1 Å². The fourth-order valence-electron chi connectivity index (χ4n) is 3.66.